The molecule has 1 aliphatic carbocycles. The predicted octanol–water partition coefficient (Wildman–Crippen LogP) is 15.7. The van der Waals surface area contributed by atoms with Crippen molar-refractivity contribution in [2.75, 3.05) is 0 Å². The molecule has 0 aliphatic heterocycles. The van der Waals surface area contributed by atoms with Crippen LogP contribution in [-0.4, -0.2) is 15.0 Å². The van der Waals surface area contributed by atoms with Crippen LogP contribution in [0, 0.1) is 0 Å². The maximum absolute atomic E-state index is 6.59. The number of nitrogens with zero attached hydrogens (tertiary/aromatic N) is 3. The molecule has 2 aromatic heterocycles. The molecule has 0 saturated carbocycles. The number of fused-ring (bicyclic) bond motifs is 6. The van der Waals surface area contributed by atoms with Crippen LogP contribution in [-0.2, 0) is 5.41 Å². The molecule has 0 unspecified atom stereocenters. The molecule has 0 spiro atoms. The Balaban J connectivity index is 1.00. The van der Waals surface area contributed by atoms with Gasteiger partial charge >= 0.3 is 0 Å². The van der Waals surface area contributed by atoms with E-state index in [9.17, 15) is 0 Å². The zero-order valence-electron chi connectivity index (χ0n) is 35.5. The van der Waals surface area contributed by atoms with Gasteiger partial charge in [-0.2, -0.15) is 0 Å². The Labute approximate surface area is 372 Å². The number of hydrogen-bond acceptors (Lipinski definition) is 4. The van der Waals surface area contributed by atoms with Gasteiger partial charge in [-0.05, 0) is 103 Å². The van der Waals surface area contributed by atoms with Gasteiger partial charge in [-0.1, -0.05) is 190 Å². The highest BCUT2D eigenvalue weighted by atomic mass is 16.3. The molecule has 12 rings (SSSR count). The summed E-state index contributed by atoms with van der Waals surface area (Å²) in [6, 6.07) is 74.9. The van der Waals surface area contributed by atoms with Crippen LogP contribution >= 0.6 is 0 Å². The first kappa shape index (κ1) is 37.5. The van der Waals surface area contributed by atoms with Gasteiger partial charge in [-0.3, -0.25) is 0 Å². The van der Waals surface area contributed by atoms with Gasteiger partial charge < -0.3 is 4.42 Å². The standard InChI is InChI=1S/C60H41N3O/c1-60(2)52-28-12-11-25-47(52)50-36-43(30-32-53(50)60)41-21-13-22-42(34-41)44-31-33-54-51(37-44)56-49(27-15-29-55(56)64-54)59-62-57(45-23-14-20-40(35-45)38-16-5-3-6-17-38)61-58(63-59)48-26-10-9-24-46(48)39-18-7-4-8-19-39/h3-37H,1-2H3. The summed E-state index contributed by atoms with van der Waals surface area (Å²) in [4.78, 5) is 15.8. The van der Waals surface area contributed by atoms with Crippen LogP contribution in [0.3, 0.4) is 0 Å². The molecule has 0 atom stereocenters. The summed E-state index contributed by atoms with van der Waals surface area (Å²) in [6.07, 6.45) is 0. The molecule has 64 heavy (non-hydrogen) atoms. The fourth-order valence-corrected chi connectivity index (χ4v) is 9.73. The van der Waals surface area contributed by atoms with Crippen molar-refractivity contribution in [3.8, 4) is 89.8 Å². The van der Waals surface area contributed by atoms with Gasteiger partial charge in [0, 0.05) is 32.9 Å². The van der Waals surface area contributed by atoms with Gasteiger partial charge in [0.15, 0.2) is 17.5 Å². The Morgan fingerprint density at radius 1 is 0.312 bits per heavy atom. The van der Waals surface area contributed by atoms with Crippen molar-refractivity contribution >= 4 is 21.9 Å². The molecule has 0 fully saturated rings. The predicted molar refractivity (Wildman–Crippen MR) is 263 cm³/mol. The third kappa shape index (κ3) is 6.34. The SMILES string of the molecule is CC1(C)c2ccccc2-c2cc(-c3cccc(-c4ccc5oc6cccc(-c7nc(-c8cccc(-c9ccccc9)c8)nc(-c8ccccc8-c8ccccc8)n7)c6c5c4)c3)ccc21. The van der Waals surface area contributed by atoms with E-state index in [1.54, 1.807) is 0 Å². The Bertz CT molecular complexity index is 3590. The smallest absolute Gasteiger partial charge is 0.164 e. The summed E-state index contributed by atoms with van der Waals surface area (Å²) < 4.78 is 6.59. The first-order chi connectivity index (χ1) is 31.5. The van der Waals surface area contributed by atoms with Crippen molar-refractivity contribution < 1.29 is 4.42 Å². The number of benzene rings is 9. The van der Waals surface area contributed by atoms with E-state index in [-0.39, 0.29) is 5.41 Å². The number of hydrogen-bond donors (Lipinski definition) is 0. The summed E-state index contributed by atoms with van der Waals surface area (Å²) in [5, 5.41) is 1.97. The summed E-state index contributed by atoms with van der Waals surface area (Å²) in [5.74, 6) is 1.78. The third-order valence-corrected chi connectivity index (χ3v) is 13.0. The number of furan rings is 1. The molecule has 0 bridgehead atoms. The molecule has 1 aliphatic rings. The van der Waals surface area contributed by atoms with Crippen LogP contribution in [0.25, 0.3) is 112 Å². The third-order valence-electron chi connectivity index (χ3n) is 13.0. The number of rotatable bonds is 7. The molecule has 2 heterocycles. The minimum Gasteiger partial charge on any atom is -0.456 e. The Kier molecular flexibility index (Phi) is 8.80. The van der Waals surface area contributed by atoms with Crippen LogP contribution in [0.15, 0.2) is 217 Å². The maximum atomic E-state index is 6.59. The van der Waals surface area contributed by atoms with E-state index in [2.05, 4.69) is 196 Å². The van der Waals surface area contributed by atoms with E-state index >= 15 is 0 Å². The maximum Gasteiger partial charge on any atom is 0.164 e. The van der Waals surface area contributed by atoms with Crippen LogP contribution in [0.5, 0.6) is 0 Å². The molecule has 0 amide bonds. The molecular weight excluding hydrogens is 779 g/mol. The van der Waals surface area contributed by atoms with Gasteiger partial charge in [-0.25, -0.2) is 15.0 Å². The van der Waals surface area contributed by atoms with Gasteiger partial charge in [0.25, 0.3) is 0 Å². The summed E-state index contributed by atoms with van der Waals surface area (Å²) >= 11 is 0. The molecule has 11 aromatic rings. The first-order valence-corrected chi connectivity index (χ1v) is 21.8. The average Bonchev–Trinajstić information content (AvgIpc) is 3.85. The average molecular weight is 820 g/mol. The van der Waals surface area contributed by atoms with Crippen LogP contribution in [0.1, 0.15) is 25.0 Å². The highest BCUT2D eigenvalue weighted by molar-refractivity contribution is 6.13. The second kappa shape index (κ2) is 15.0. The zero-order chi connectivity index (χ0) is 42.8. The monoisotopic (exact) mass is 819 g/mol. The van der Waals surface area contributed by atoms with E-state index in [1.807, 2.05) is 30.3 Å². The second-order valence-corrected chi connectivity index (χ2v) is 17.2. The Morgan fingerprint density at radius 2 is 0.812 bits per heavy atom. The fourth-order valence-electron chi connectivity index (χ4n) is 9.73. The Morgan fingerprint density at radius 3 is 1.58 bits per heavy atom. The normalized spacial score (nSPS) is 12.7. The lowest BCUT2D eigenvalue weighted by Gasteiger charge is -2.21. The van der Waals surface area contributed by atoms with E-state index < -0.39 is 0 Å². The highest BCUT2D eigenvalue weighted by Crippen LogP contribution is 2.50. The lowest BCUT2D eigenvalue weighted by molar-refractivity contribution is 0.660. The molecule has 4 nitrogen and oxygen atoms in total. The van der Waals surface area contributed by atoms with Gasteiger partial charge in [0.05, 0.1) is 0 Å². The minimum atomic E-state index is -0.0293. The topological polar surface area (TPSA) is 51.8 Å². The van der Waals surface area contributed by atoms with E-state index in [4.69, 9.17) is 19.4 Å². The first-order valence-electron chi connectivity index (χ1n) is 21.8. The zero-order valence-corrected chi connectivity index (χ0v) is 35.5. The van der Waals surface area contributed by atoms with Gasteiger partial charge in [0.2, 0.25) is 0 Å². The summed E-state index contributed by atoms with van der Waals surface area (Å²) in [7, 11) is 0. The van der Waals surface area contributed by atoms with E-state index in [0.29, 0.717) is 17.5 Å². The quantitative estimate of drug-likeness (QED) is 0.161. The van der Waals surface area contributed by atoms with Crippen LogP contribution < -0.4 is 0 Å². The molecule has 4 heteroatoms. The van der Waals surface area contributed by atoms with Gasteiger partial charge in [-0.15, -0.1) is 0 Å². The summed E-state index contributed by atoms with van der Waals surface area (Å²) in [6.45, 7) is 4.65. The van der Waals surface area contributed by atoms with Crippen molar-refractivity contribution in [3.05, 3.63) is 223 Å². The lowest BCUT2D eigenvalue weighted by Crippen LogP contribution is -2.14. The van der Waals surface area contributed by atoms with Crippen LogP contribution in [0.4, 0.5) is 0 Å². The molecule has 9 aromatic carbocycles. The minimum absolute atomic E-state index is 0.0293. The summed E-state index contributed by atoms with van der Waals surface area (Å²) in [5.41, 5.74) is 18.7. The van der Waals surface area contributed by atoms with Crippen molar-refractivity contribution in [3.63, 3.8) is 0 Å². The van der Waals surface area contributed by atoms with Crippen LogP contribution in [0.2, 0.25) is 0 Å². The fraction of sp³-hybridized carbons (Fsp3) is 0.0500. The molecule has 0 radical (unpaired) electrons. The Hall–Kier alpha value is -8.21. The van der Waals surface area contributed by atoms with E-state index in [0.717, 1.165) is 72.0 Å². The highest BCUT2D eigenvalue weighted by Gasteiger charge is 2.35. The van der Waals surface area contributed by atoms with Crippen molar-refractivity contribution in [2.45, 2.75) is 19.3 Å². The van der Waals surface area contributed by atoms with Crippen molar-refractivity contribution in [1.82, 2.24) is 15.0 Å². The molecular formula is C60H41N3O. The molecule has 302 valence electrons. The van der Waals surface area contributed by atoms with Crippen molar-refractivity contribution in [2.24, 2.45) is 0 Å². The largest absolute Gasteiger partial charge is 0.456 e. The van der Waals surface area contributed by atoms with Gasteiger partial charge in [0.1, 0.15) is 11.2 Å². The molecule has 0 saturated heterocycles. The number of aromatic nitrogens is 3. The van der Waals surface area contributed by atoms with Crippen molar-refractivity contribution in [1.29, 1.82) is 0 Å². The molecule has 0 N–H and O–H groups in total. The van der Waals surface area contributed by atoms with E-state index in [1.165, 1.54) is 33.4 Å². The second-order valence-electron chi connectivity index (χ2n) is 17.2. The lowest BCUT2D eigenvalue weighted by atomic mass is 9.82.